The van der Waals surface area contributed by atoms with Gasteiger partial charge in [0.1, 0.15) is 6.54 Å². The van der Waals surface area contributed by atoms with Crippen LogP contribution < -0.4 is 4.90 Å². The van der Waals surface area contributed by atoms with Crippen LogP contribution in [0.2, 0.25) is 5.02 Å². The van der Waals surface area contributed by atoms with E-state index in [1.807, 2.05) is 37.8 Å². The number of nitrogens with zero attached hydrogens (tertiary/aromatic N) is 1. The van der Waals surface area contributed by atoms with Crippen molar-refractivity contribution in [2.75, 3.05) is 18.6 Å². The number of benzene rings is 1. The van der Waals surface area contributed by atoms with Crippen molar-refractivity contribution in [2.45, 2.75) is 38.8 Å². The Balaban J connectivity index is 2.94. The van der Waals surface area contributed by atoms with E-state index in [9.17, 15) is 4.79 Å². The molecule has 0 amide bonds. The minimum Gasteiger partial charge on any atom is -0.480 e. The van der Waals surface area contributed by atoms with Crippen LogP contribution in [-0.4, -0.2) is 36.4 Å². The van der Waals surface area contributed by atoms with Gasteiger partial charge in [-0.25, -0.2) is 0 Å². The molecule has 0 aliphatic carbocycles. The molecule has 1 unspecified atom stereocenters. The smallest absolute Gasteiger partial charge is 0.323 e. The van der Waals surface area contributed by atoms with E-state index >= 15 is 0 Å². The van der Waals surface area contributed by atoms with E-state index in [2.05, 4.69) is 0 Å². The number of aliphatic carboxylic acids is 1. The summed E-state index contributed by atoms with van der Waals surface area (Å²) >= 11 is 5.88. The van der Waals surface area contributed by atoms with Crippen LogP contribution in [0.5, 0.6) is 0 Å². The highest BCUT2D eigenvalue weighted by Gasteiger charge is 2.25. The van der Waals surface area contributed by atoms with Crippen LogP contribution in [-0.2, 0) is 9.53 Å². The first kappa shape index (κ1) is 16.8. The predicted molar refractivity (Wildman–Crippen MR) is 81.6 cm³/mol. The van der Waals surface area contributed by atoms with E-state index < -0.39 is 5.97 Å². The Morgan fingerprint density at radius 2 is 1.95 bits per heavy atom. The molecule has 1 atom stereocenters. The van der Waals surface area contributed by atoms with Gasteiger partial charge in [0, 0.05) is 23.9 Å². The minimum absolute atomic E-state index is 0.0298. The molecule has 5 heteroatoms. The molecule has 0 heterocycles. The molecule has 0 bridgehead atoms. The van der Waals surface area contributed by atoms with Crippen molar-refractivity contribution >= 4 is 23.3 Å². The van der Waals surface area contributed by atoms with Crippen molar-refractivity contribution in [2.24, 2.45) is 0 Å². The number of halogens is 1. The first-order valence-corrected chi connectivity index (χ1v) is 6.92. The number of anilines is 1. The zero-order valence-electron chi connectivity index (χ0n) is 12.4. The lowest BCUT2D eigenvalue weighted by atomic mass is 9.98. The Hall–Kier alpha value is -1.26. The summed E-state index contributed by atoms with van der Waals surface area (Å²) in [6.45, 7) is 5.93. The number of carboxylic acid groups (broad SMARTS) is 1. The number of hydrogen-bond acceptors (Lipinski definition) is 3. The molecular formula is C15H22ClNO3. The largest absolute Gasteiger partial charge is 0.480 e. The normalized spacial score (nSPS) is 13.1. The van der Waals surface area contributed by atoms with Crippen LogP contribution in [0.1, 0.15) is 27.2 Å². The first-order chi connectivity index (χ1) is 9.25. The van der Waals surface area contributed by atoms with Crippen molar-refractivity contribution in [3.8, 4) is 0 Å². The molecule has 20 heavy (non-hydrogen) atoms. The molecule has 1 N–H and O–H groups in total. The molecular weight excluding hydrogens is 278 g/mol. The van der Waals surface area contributed by atoms with Gasteiger partial charge in [-0.2, -0.15) is 0 Å². The second-order valence-corrected chi connectivity index (χ2v) is 5.95. The lowest BCUT2D eigenvalue weighted by Gasteiger charge is -2.35. The molecule has 4 nitrogen and oxygen atoms in total. The maximum atomic E-state index is 11.1. The van der Waals surface area contributed by atoms with Gasteiger partial charge < -0.3 is 14.7 Å². The van der Waals surface area contributed by atoms with Gasteiger partial charge in [0.2, 0.25) is 0 Å². The molecule has 0 saturated carbocycles. The fourth-order valence-corrected chi connectivity index (χ4v) is 2.31. The van der Waals surface area contributed by atoms with Crippen LogP contribution in [0.4, 0.5) is 5.69 Å². The zero-order chi connectivity index (χ0) is 15.3. The molecule has 0 aromatic heterocycles. The summed E-state index contributed by atoms with van der Waals surface area (Å²) in [6, 6.07) is 7.23. The standard InChI is InChI=1S/C15H22ClNO3/c1-11(9-15(2,3)20-4)17(10-14(18)19)13-7-5-12(16)6-8-13/h5-8,11H,9-10H2,1-4H3,(H,18,19). The number of carbonyl (C=O) groups is 1. The van der Waals surface area contributed by atoms with Gasteiger partial charge in [-0.1, -0.05) is 11.6 Å². The molecule has 1 aromatic carbocycles. The van der Waals surface area contributed by atoms with Crippen molar-refractivity contribution < 1.29 is 14.6 Å². The van der Waals surface area contributed by atoms with Crippen molar-refractivity contribution in [3.63, 3.8) is 0 Å². The number of rotatable bonds is 7. The van der Waals surface area contributed by atoms with E-state index in [4.69, 9.17) is 21.4 Å². The summed E-state index contributed by atoms with van der Waals surface area (Å²) in [6.07, 6.45) is 0.722. The van der Waals surface area contributed by atoms with Gasteiger partial charge in [-0.05, 0) is 51.5 Å². The van der Waals surface area contributed by atoms with Crippen molar-refractivity contribution in [1.82, 2.24) is 0 Å². The quantitative estimate of drug-likeness (QED) is 0.838. The van der Waals surface area contributed by atoms with Gasteiger partial charge in [-0.15, -0.1) is 0 Å². The Labute approximate surface area is 125 Å². The highest BCUT2D eigenvalue weighted by atomic mass is 35.5. The molecule has 0 spiro atoms. The predicted octanol–water partition coefficient (Wildman–Crippen LogP) is 3.43. The maximum Gasteiger partial charge on any atom is 0.323 e. The fraction of sp³-hybridized carbons (Fsp3) is 0.533. The van der Waals surface area contributed by atoms with Crippen LogP contribution in [0.3, 0.4) is 0 Å². The van der Waals surface area contributed by atoms with E-state index in [1.54, 1.807) is 19.2 Å². The van der Waals surface area contributed by atoms with Crippen LogP contribution in [0, 0.1) is 0 Å². The van der Waals surface area contributed by atoms with Gasteiger partial charge in [0.05, 0.1) is 5.60 Å². The third-order valence-corrected chi connectivity index (χ3v) is 3.59. The summed E-state index contributed by atoms with van der Waals surface area (Å²) in [7, 11) is 1.66. The number of carboxylic acids is 1. The molecule has 0 saturated heterocycles. The van der Waals surface area contributed by atoms with E-state index in [0.717, 1.165) is 12.1 Å². The van der Waals surface area contributed by atoms with E-state index in [1.165, 1.54) is 0 Å². The van der Waals surface area contributed by atoms with Gasteiger partial charge in [0.25, 0.3) is 0 Å². The second kappa shape index (κ2) is 6.95. The lowest BCUT2D eigenvalue weighted by molar-refractivity contribution is -0.135. The third-order valence-electron chi connectivity index (χ3n) is 3.34. The van der Waals surface area contributed by atoms with Gasteiger partial charge in [0.15, 0.2) is 0 Å². The van der Waals surface area contributed by atoms with Crippen LogP contribution >= 0.6 is 11.6 Å². The molecule has 0 fully saturated rings. The maximum absolute atomic E-state index is 11.1. The highest BCUT2D eigenvalue weighted by Crippen LogP contribution is 2.25. The fourth-order valence-electron chi connectivity index (χ4n) is 2.18. The Morgan fingerprint density at radius 3 is 2.40 bits per heavy atom. The summed E-state index contributed by atoms with van der Waals surface area (Å²) in [4.78, 5) is 12.9. The summed E-state index contributed by atoms with van der Waals surface area (Å²) in [5.41, 5.74) is 0.541. The molecule has 1 rings (SSSR count). The average molecular weight is 300 g/mol. The second-order valence-electron chi connectivity index (χ2n) is 5.52. The third kappa shape index (κ3) is 5.02. The summed E-state index contributed by atoms with van der Waals surface area (Å²) in [5.74, 6) is -0.859. The summed E-state index contributed by atoms with van der Waals surface area (Å²) in [5, 5.41) is 9.74. The topological polar surface area (TPSA) is 49.8 Å². The Morgan fingerprint density at radius 1 is 1.40 bits per heavy atom. The number of ether oxygens (including phenoxy) is 1. The highest BCUT2D eigenvalue weighted by molar-refractivity contribution is 6.30. The zero-order valence-corrected chi connectivity index (χ0v) is 13.1. The molecule has 0 radical (unpaired) electrons. The molecule has 0 aliphatic rings. The monoisotopic (exact) mass is 299 g/mol. The lowest BCUT2D eigenvalue weighted by Crippen LogP contribution is -2.42. The SMILES string of the molecule is COC(C)(C)CC(C)N(CC(=O)O)c1ccc(Cl)cc1. The van der Waals surface area contributed by atoms with Gasteiger partial charge >= 0.3 is 5.97 Å². The molecule has 112 valence electrons. The van der Waals surface area contributed by atoms with Gasteiger partial charge in [-0.3, -0.25) is 4.79 Å². The Bertz CT molecular complexity index is 445. The Kier molecular flexibility index (Phi) is 5.84. The first-order valence-electron chi connectivity index (χ1n) is 6.54. The van der Waals surface area contributed by atoms with E-state index in [-0.39, 0.29) is 18.2 Å². The molecule has 1 aromatic rings. The van der Waals surface area contributed by atoms with Crippen LogP contribution in [0.25, 0.3) is 0 Å². The van der Waals surface area contributed by atoms with Crippen molar-refractivity contribution in [3.05, 3.63) is 29.3 Å². The average Bonchev–Trinajstić information content (AvgIpc) is 2.36. The van der Waals surface area contributed by atoms with Crippen LogP contribution in [0.15, 0.2) is 24.3 Å². The number of methoxy groups -OCH3 is 1. The number of hydrogen-bond donors (Lipinski definition) is 1. The van der Waals surface area contributed by atoms with E-state index in [0.29, 0.717) is 5.02 Å². The van der Waals surface area contributed by atoms with Crippen molar-refractivity contribution in [1.29, 1.82) is 0 Å². The minimum atomic E-state index is -0.859. The summed E-state index contributed by atoms with van der Waals surface area (Å²) < 4.78 is 5.42. The molecule has 0 aliphatic heterocycles.